The lowest BCUT2D eigenvalue weighted by molar-refractivity contribution is -0.116. The number of carbonyl (C=O) groups excluding carboxylic acids is 1. The summed E-state index contributed by atoms with van der Waals surface area (Å²) in [6.07, 6.45) is 2.10. The van der Waals surface area contributed by atoms with Crippen molar-refractivity contribution in [3.05, 3.63) is 53.6 Å². The van der Waals surface area contributed by atoms with Crippen LogP contribution in [0.25, 0.3) is 10.2 Å². The zero-order valence-corrected chi connectivity index (χ0v) is 15.1. The summed E-state index contributed by atoms with van der Waals surface area (Å²) in [6, 6.07) is 14.5. The third kappa shape index (κ3) is 3.06. The van der Waals surface area contributed by atoms with E-state index in [1.54, 1.807) is 23.1 Å². The van der Waals surface area contributed by atoms with Crippen LogP contribution in [0.1, 0.15) is 17.5 Å². The van der Waals surface area contributed by atoms with Gasteiger partial charge in [0.25, 0.3) is 0 Å². The van der Waals surface area contributed by atoms with Crippen molar-refractivity contribution >= 4 is 44.9 Å². The molecule has 0 N–H and O–H groups in total. The van der Waals surface area contributed by atoms with Gasteiger partial charge in [-0.2, -0.15) is 0 Å². The van der Waals surface area contributed by atoms with Crippen LogP contribution in [0, 0.1) is 6.92 Å². The monoisotopic (exact) mass is 354 g/mol. The molecule has 1 aliphatic heterocycles. The van der Waals surface area contributed by atoms with Gasteiger partial charge in [-0.15, -0.1) is 11.3 Å². The third-order valence-electron chi connectivity index (χ3n) is 4.25. The first-order chi connectivity index (χ1) is 11.7. The lowest BCUT2D eigenvalue weighted by Gasteiger charge is -2.29. The van der Waals surface area contributed by atoms with Crippen LogP contribution in [0.3, 0.4) is 0 Å². The van der Waals surface area contributed by atoms with Crippen molar-refractivity contribution in [3.8, 4) is 0 Å². The third-order valence-corrected chi connectivity index (χ3v) is 6.41. The van der Waals surface area contributed by atoms with Crippen LogP contribution in [0.5, 0.6) is 0 Å². The second-order valence-corrected chi connectivity index (χ2v) is 8.27. The first-order valence-electron chi connectivity index (χ1n) is 8.09. The number of hydrogen-bond donors (Lipinski definition) is 0. The van der Waals surface area contributed by atoms with Crippen LogP contribution in [0.2, 0.25) is 0 Å². The second kappa shape index (κ2) is 6.57. The summed E-state index contributed by atoms with van der Waals surface area (Å²) < 4.78 is 2.14. The van der Waals surface area contributed by atoms with E-state index in [9.17, 15) is 4.79 Å². The summed E-state index contributed by atoms with van der Waals surface area (Å²) in [7, 11) is 0. The topological polar surface area (TPSA) is 33.2 Å². The predicted molar refractivity (Wildman–Crippen MR) is 102 cm³/mol. The molecule has 0 aliphatic carbocycles. The summed E-state index contributed by atoms with van der Waals surface area (Å²) >= 11 is 3.20. The fraction of sp³-hybridized carbons (Fsp3) is 0.263. The fourth-order valence-electron chi connectivity index (χ4n) is 3.10. The van der Waals surface area contributed by atoms with E-state index in [2.05, 4.69) is 36.2 Å². The Labute approximate surface area is 149 Å². The largest absolute Gasteiger partial charge is 0.311 e. The highest BCUT2D eigenvalue weighted by Crippen LogP contribution is 2.32. The number of anilines is 1. The Kier molecular flexibility index (Phi) is 4.29. The van der Waals surface area contributed by atoms with Gasteiger partial charge in [0.05, 0.1) is 16.0 Å². The number of nitrogens with zero attached hydrogens (tertiary/aromatic N) is 2. The van der Waals surface area contributed by atoms with Gasteiger partial charge in [-0.3, -0.25) is 4.79 Å². The van der Waals surface area contributed by atoms with Crippen molar-refractivity contribution in [3.63, 3.8) is 0 Å². The van der Waals surface area contributed by atoms with Gasteiger partial charge in [-0.25, -0.2) is 4.98 Å². The van der Waals surface area contributed by atoms with Crippen LogP contribution < -0.4 is 4.90 Å². The van der Waals surface area contributed by atoms with E-state index >= 15 is 0 Å². The van der Waals surface area contributed by atoms with Crippen LogP contribution in [0.4, 0.5) is 5.69 Å². The van der Waals surface area contributed by atoms with E-state index < -0.39 is 0 Å². The lowest BCUT2D eigenvalue weighted by atomic mass is 10.00. The zero-order chi connectivity index (χ0) is 16.5. The highest BCUT2D eigenvalue weighted by Gasteiger charge is 2.22. The van der Waals surface area contributed by atoms with Crippen molar-refractivity contribution in [2.24, 2.45) is 0 Å². The van der Waals surface area contributed by atoms with Gasteiger partial charge in [0.2, 0.25) is 5.91 Å². The first kappa shape index (κ1) is 15.7. The maximum Gasteiger partial charge on any atom is 0.237 e. The normalized spacial score (nSPS) is 14.0. The molecule has 2 heterocycles. The van der Waals surface area contributed by atoms with Crippen molar-refractivity contribution in [2.45, 2.75) is 24.1 Å². The van der Waals surface area contributed by atoms with Gasteiger partial charge >= 0.3 is 0 Å². The molecule has 0 atom stereocenters. The summed E-state index contributed by atoms with van der Waals surface area (Å²) in [5.74, 6) is 0.608. The number of amides is 1. The Morgan fingerprint density at radius 3 is 3.04 bits per heavy atom. The van der Waals surface area contributed by atoms with Crippen molar-refractivity contribution in [2.75, 3.05) is 17.2 Å². The Morgan fingerprint density at radius 2 is 2.17 bits per heavy atom. The van der Waals surface area contributed by atoms with Crippen LogP contribution in [-0.4, -0.2) is 23.2 Å². The molecule has 1 amide bonds. The molecule has 2 aromatic carbocycles. The predicted octanol–water partition coefficient (Wildman–Crippen LogP) is 4.68. The number of carbonyl (C=O) groups is 1. The Balaban J connectivity index is 1.49. The van der Waals surface area contributed by atoms with Gasteiger partial charge in [-0.1, -0.05) is 41.6 Å². The van der Waals surface area contributed by atoms with Gasteiger partial charge in [0.1, 0.15) is 0 Å². The van der Waals surface area contributed by atoms with E-state index in [4.69, 9.17) is 0 Å². The highest BCUT2D eigenvalue weighted by atomic mass is 32.2. The molecule has 4 rings (SSSR count). The number of thiazole rings is 1. The lowest BCUT2D eigenvalue weighted by Crippen LogP contribution is -2.36. The number of hydrogen-bond acceptors (Lipinski definition) is 4. The molecule has 1 aliphatic rings. The summed E-state index contributed by atoms with van der Waals surface area (Å²) in [5.41, 5.74) is 4.64. The van der Waals surface area contributed by atoms with Crippen molar-refractivity contribution in [1.82, 2.24) is 4.98 Å². The zero-order valence-electron chi connectivity index (χ0n) is 13.5. The molecule has 1 aromatic heterocycles. The van der Waals surface area contributed by atoms with Gasteiger partial charge in [0, 0.05) is 12.2 Å². The van der Waals surface area contributed by atoms with Crippen LogP contribution >= 0.6 is 23.1 Å². The summed E-state index contributed by atoms with van der Waals surface area (Å²) in [6.45, 7) is 2.92. The number of rotatable bonds is 3. The summed E-state index contributed by atoms with van der Waals surface area (Å²) in [5, 5.41) is 0. The molecule has 0 unspecified atom stereocenters. The molecule has 24 heavy (non-hydrogen) atoms. The Morgan fingerprint density at radius 1 is 1.29 bits per heavy atom. The number of thioether (sulfide) groups is 1. The smallest absolute Gasteiger partial charge is 0.237 e. The van der Waals surface area contributed by atoms with E-state index in [1.807, 2.05) is 23.1 Å². The second-order valence-electron chi connectivity index (χ2n) is 6.02. The van der Waals surface area contributed by atoms with Crippen molar-refractivity contribution < 1.29 is 4.79 Å². The van der Waals surface area contributed by atoms with Gasteiger partial charge < -0.3 is 4.90 Å². The number of aromatic nitrogens is 1. The van der Waals surface area contributed by atoms with Gasteiger partial charge in [0.15, 0.2) is 4.34 Å². The van der Waals surface area contributed by atoms with Gasteiger partial charge in [-0.05, 0) is 43.5 Å². The molecule has 0 saturated heterocycles. The molecule has 122 valence electrons. The van der Waals surface area contributed by atoms with Crippen LogP contribution in [0.15, 0.2) is 46.8 Å². The quantitative estimate of drug-likeness (QED) is 0.641. The Hall–Kier alpha value is -1.85. The molecular formula is C19H18N2OS2. The van der Waals surface area contributed by atoms with Crippen molar-refractivity contribution in [1.29, 1.82) is 0 Å². The molecule has 0 bridgehead atoms. The molecule has 0 spiro atoms. The van der Waals surface area contributed by atoms with E-state index in [1.165, 1.54) is 15.8 Å². The average Bonchev–Trinajstić information content (AvgIpc) is 3.01. The molecular weight excluding hydrogens is 336 g/mol. The minimum atomic E-state index is 0.170. The molecule has 5 heteroatoms. The highest BCUT2D eigenvalue weighted by molar-refractivity contribution is 8.01. The van der Waals surface area contributed by atoms with E-state index in [0.717, 1.165) is 34.9 Å². The fourth-order valence-corrected chi connectivity index (χ4v) is 5.04. The number of aryl methyl sites for hydroxylation is 2. The minimum absolute atomic E-state index is 0.170. The van der Waals surface area contributed by atoms with E-state index in [-0.39, 0.29) is 5.91 Å². The Bertz CT molecular complexity index is 870. The summed E-state index contributed by atoms with van der Waals surface area (Å²) in [4.78, 5) is 19.3. The maximum absolute atomic E-state index is 12.7. The molecule has 3 nitrogen and oxygen atoms in total. The number of para-hydroxylation sites is 1. The first-order valence-corrected chi connectivity index (χ1v) is 9.89. The SMILES string of the molecule is Cc1ccc2c(c1)CCCN2C(=O)CSc1nc2ccccc2s1. The molecule has 3 aromatic rings. The molecule has 0 fully saturated rings. The van der Waals surface area contributed by atoms with E-state index in [0.29, 0.717) is 5.75 Å². The standard InChI is InChI=1S/C19H18N2OS2/c1-13-8-9-16-14(11-13)5-4-10-21(16)18(22)12-23-19-20-15-6-2-3-7-17(15)24-19/h2-3,6-9,11H,4-5,10,12H2,1H3. The number of benzene rings is 2. The molecule has 0 saturated carbocycles. The minimum Gasteiger partial charge on any atom is -0.311 e. The average molecular weight is 355 g/mol. The van der Waals surface area contributed by atoms with Crippen LogP contribution in [-0.2, 0) is 11.2 Å². The molecule has 0 radical (unpaired) electrons. The maximum atomic E-state index is 12.7. The number of fused-ring (bicyclic) bond motifs is 2.